The van der Waals surface area contributed by atoms with E-state index in [1.165, 1.54) is 6.42 Å². The zero-order valence-corrected chi connectivity index (χ0v) is 21.2. The summed E-state index contributed by atoms with van der Waals surface area (Å²) in [6.45, 7) is 3.43. The number of nitrogens with zero attached hydrogens (tertiary/aromatic N) is 7. The molecule has 5 rings (SSSR count). The van der Waals surface area contributed by atoms with Crippen LogP contribution in [0.1, 0.15) is 19.8 Å². The zero-order valence-electron chi connectivity index (χ0n) is 19.5. The third-order valence-corrected chi connectivity index (χ3v) is 8.04. The van der Waals surface area contributed by atoms with Gasteiger partial charge in [-0.2, -0.15) is 18.3 Å². The van der Waals surface area contributed by atoms with E-state index in [-0.39, 0.29) is 0 Å². The fourth-order valence-corrected chi connectivity index (χ4v) is 5.68. The maximum atomic E-state index is 10.6. The van der Waals surface area contributed by atoms with Gasteiger partial charge in [-0.05, 0) is 26.8 Å². The maximum absolute atomic E-state index is 10.6. The molecule has 0 spiro atoms. The molecule has 4 aromatic heterocycles. The molecule has 2 unspecified atom stereocenters. The first kappa shape index (κ1) is 25.9. The first-order valence-corrected chi connectivity index (χ1v) is 12.5. The van der Waals surface area contributed by atoms with Crippen LogP contribution in [0.3, 0.4) is 0 Å². The summed E-state index contributed by atoms with van der Waals surface area (Å²) >= 11 is 3.23. The Morgan fingerprint density at radius 2 is 1.83 bits per heavy atom. The van der Waals surface area contributed by atoms with Crippen molar-refractivity contribution in [3.63, 3.8) is 0 Å². The lowest BCUT2D eigenvalue weighted by molar-refractivity contribution is -0.192. The lowest BCUT2D eigenvalue weighted by Gasteiger charge is -2.39. The van der Waals surface area contributed by atoms with E-state index in [9.17, 15) is 13.2 Å². The summed E-state index contributed by atoms with van der Waals surface area (Å²) in [5.74, 6) is -2.76. The van der Waals surface area contributed by atoms with Crippen molar-refractivity contribution in [1.29, 1.82) is 0 Å². The number of alkyl halides is 3. The number of halogens is 3. The molecule has 0 saturated carbocycles. The van der Waals surface area contributed by atoms with Crippen molar-refractivity contribution in [1.82, 2.24) is 35.0 Å². The average Bonchev–Trinajstić information content (AvgIpc) is 3.57. The van der Waals surface area contributed by atoms with Crippen LogP contribution in [-0.4, -0.2) is 85.0 Å². The van der Waals surface area contributed by atoms with Gasteiger partial charge in [0.25, 0.3) is 0 Å². The number of likely N-dealkylation sites (tertiary alicyclic amines) is 1. The minimum atomic E-state index is -5.08. The van der Waals surface area contributed by atoms with E-state index in [4.69, 9.17) is 19.9 Å². The van der Waals surface area contributed by atoms with Gasteiger partial charge in [-0.3, -0.25) is 10.1 Å². The van der Waals surface area contributed by atoms with Crippen LogP contribution in [0.15, 0.2) is 24.8 Å². The van der Waals surface area contributed by atoms with Gasteiger partial charge < -0.3 is 14.9 Å². The molecule has 2 atom stereocenters. The van der Waals surface area contributed by atoms with Gasteiger partial charge in [0.15, 0.2) is 14.8 Å². The predicted molar refractivity (Wildman–Crippen MR) is 131 cm³/mol. The van der Waals surface area contributed by atoms with Crippen LogP contribution in [0.5, 0.6) is 0 Å². The highest BCUT2D eigenvalue weighted by Crippen LogP contribution is 2.37. The molecule has 0 bridgehead atoms. The maximum Gasteiger partial charge on any atom is 0.490 e. The minimum absolute atomic E-state index is 0.530. The van der Waals surface area contributed by atoms with Crippen LogP contribution in [0, 0.1) is 0 Å². The van der Waals surface area contributed by atoms with Gasteiger partial charge in [0, 0.05) is 37.4 Å². The second-order valence-corrected chi connectivity index (χ2v) is 10.3. The zero-order chi connectivity index (χ0) is 26.0. The van der Waals surface area contributed by atoms with Crippen molar-refractivity contribution < 1.29 is 23.1 Å². The highest BCUT2D eigenvalue weighted by atomic mass is 32.1. The quantitative estimate of drug-likeness (QED) is 0.393. The summed E-state index contributed by atoms with van der Waals surface area (Å²) in [7, 11) is 4.36. The highest BCUT2D eigenvalue weighted by molar-refractivity contribution is 7.29. The van der Waals surface area contributed by atoms with E-state index in [2.05, 4.69) is 51.0 Å². The number of H-pyrrole nitrogens is 1. The smallest absolute Gasteiger partial charge is 0.475 e. The number of fused-ring (bicyclic) bond motifs is 1. The molecular formula is C21H23F3N8O2S2. The van der Waals surface area contributed by atoms with Crippen molar-refractivity contribution in [2.24, 2.45) is 0 Å². The van der Waals surface area contributed by atoms with Crippen LogP contribution in [0.25, 0.3) is 31.6 Å². The molecule has 0 aromatic carbocycles. The summed E-state index contributed by atoms with van der Waals surface area (Å²) in [6, 6.07) is 1.13. The summed E-state index contributed by atoms with van der Waals surface area (Å²) < 4.78 is 31.7. The molecule has 0 amide bonds. The number of aromatic nitrogens is 6. The first-order valence-electron chi connectivity index (χ1n) is 10.8. The number of carboxylic acid groups (broad SMARTS) is 1. The number of hydrogen-bond donors (Lipinski definition) is 2. The average molecular weight is 541 g/mol. The second-order valence-electron chi connectivity index (χ2n) is 8.32. The van der Waals surface area contributed by atoms with Crippen LogP contribution in [0.4, 0.5) is 18.3 Å². The number of carbonyl (C=O) groups is 1. The topological polar surface area (TPSA) is 124 Å². The van der Waals surface area contributed by atoms with Gasteiger partial charge >= 0.3 is 12.1 Å². The summed E-state index contributed by atoms with van der Waals surface area (Å²) in [6.07, 6.45) is 4.30. The molecule has 1 aliphatic rings. The molecule has 0 radical (unpaired) electrons. The molecule has 36 heavy (non-hydrogen) atoms. The van der Waals surface area contributed by atoms with Crippen LogP contribution < -0.4 is 4.90 Å². The summed E-state index contributed by atoms with van der Waals surface area (Å²) in [5, 5.41) is 15.8. The van der Waals surface area contributed by atoms with Crippen molar-refractivity contribution in [3.05, 3.63) is 24.8 Å². The molecule has 10 nitrogen and oxygen atoms in total. The number of rotatable bonds is 4. The molecule has 0 aliphatic carbocycles. The minimum Gasteiger partial charge on any atom is -0.475 e. The van der Waals surface area contributed by atoms with Gasteiger partial charge in [-0.15, -0.1) is 0 Å². The van der Waals surface area contributed by atoms with E-state index in [0.717, 1.165) is 49.7 Å². The van der Waals surface area contributed by atoms with Gasteiger partial charge in [-0.25, -0.2) is 19.7 Å². The first-order chi connectivity index (χ1) is 17.0. The Kier molecular flexibility index (Phi) is 7.51. The Morgan fingerprint density at radius 3 is 2.39 bits per heavy atom. The van der Waals surface area contributed by atoms with E-state index < -0.39 is 12.1 Å². The Bertz CT molecular complexity index is 1280. The number of piperidine rings is 1. The van der Waals surface area contributed by atoms with E-state index in [1.54, 1.807) is 47.5 Å². The van der Waals surface area contributed by atoms with Gasteiger partial charge in [0.1, 0.15) is 10.7 Å². The number of thiazole rings is 2. The normalized spacial score (nSPS) is 18.6. The second kappa shape index (κ2) is 10.4. The van der Waals surface area contributed by atoms with E-state index in [0.29, 0.717) is 12.1 Å². The Balaban J connectivity index is 0.000000384. The Hall–Kier alpha value is -3.17. The molecule has 2 N–H and O–H groups in total. The fourth-order valence-electron chi connectivity index (χ4n) is 3.64. The lowest BCUT2D eigenvalue weighted by Crippen LogP contribution is -2.46. The molecule has 4 aromatic rings. The van der Waals surface area contributed by atoms with Gasteiger partial charge in [0.05, 0.1) is 24.3 Å². The van der Waals surface area contributed by atoms with Gasteiger partial charge in [0.2, 0.25) is 0 Å². The lowest BCUT2D eigenvalue weighted by atomic mass is 9.98. The molecule has 5 heterocycles. The fraction of sp³-hybridized carbons (Fsp3) is 0.429. The standard InChI is InChI=1S/C19H22N8S2.C2HF3O2/c1-11-6-13(4-5-26(11)2)27(3)19-25-18-17(29-19)24-16(28-18)15-10-20-14(9-21-15)12-7-22-23-8-12;3-2(4,5)1(6)7/h7-11,13H,4-6H2,1-3H3,(H,22,23);(H,6,7). The van der Waals surface area contributed by atoms with Crippen LogP contribution in [0.2, 0.25) is 0 Å². The number of anilines is 1. The summed E-state index contributed by atoms with van der Waals surface area (Å²) in [5.41, 5.74) is 2.48. The van der Waals surface area contributed by atoms with Gasteiger partial charge in [-0.1, -0.05) is 22.7 Å². The van der Waals surface area contributed by atoms with Crippen molar-refractivity contribution in [2.75, 3.05) is 25.5 Å². The highest BCUT2D eigenvalue weighted by Gasteiger charge is 2.38. The number of aliphatic carboxylic acids is 1. The van der Waals surface area contributed by atoms with E-state index >= 15 is 0 Å². The Labute approximate surface area is 211 Å². The van der Waals surface area contributed by atoms with Crippen LogP contribution in [-0.2, 0) is 4.79 Å². The van der Waals surface area contributed by atoms with E-state index in [1.807, 2.05) is 0 Å². The SMILES string of the molecule is CC1CC(N(C)c2nc3sc(-c4cnc(-c5cn[nH]c5)cn4)nc3s2)CCN1C.O=C(O)C(F)(F)F. The third-order valence-electron chi connectivity index (χ3n) is 5.90. The molecular weight excluding hydrogens is 517 g/mol. The molecule has 15 heteroatoms. The predicted octanol–water partition coefficient (Wildman–Crippen LogP) is 4.15. The van der Waals surface area contributed by atoms with Crippen molar-refractivity contribution in [3.8, 4) is 22.0 Å². The summed E-state index contributed by atoms with van der Waals surface area (Å²) in [4.78, 5) is 34.2. The monoisotopic (exact) mass is 540 g/mol. The van der Waals surface area contributed by atoms with Crippen LogP contribution >= 0.6 is 22.7 Å². The molecule has 1 saturated heterocycles. The molecule has 1 fully saturated rings. The number of aromatic amines is 1. The number of carboxylic acids is 1. The Morgan fingerprint density at radius 1 is 1.17 bits per heavy atom. The van der Waals surface area contributed by atoms with Crippen molar-refractivity contribution in [2.45, 2.75) is 38.0 Å². The molecule has 192 valence electrons. The van der Waals surface area contributed by atoms with Crippen molar-refractivity contribution >= 4 is 43.4 Å². The third kappa shape index (κ3) is 5.79. The number of nitrogens with one attached hydrogen (secondary N) is 1. The molecule has 1 aliphatic heterocycles. The largest absolute Gasteiger partial charge is 0.490 e. The number of hydrogen-bond acceptors (Lipinski definition) is 10.